The van der Waals surface area contributed by atoms with Gasteiger partial charge in [-0.25, -0.2) is 0 Å². The number of benzene rings is 1. The first-order valence-corrected chi connectivity index (χ1v) is 7.41. The molecule has 21 heavy (non-hydrogen) atoms. The first-order valence-electron chi connectivity index (χ1n) is 7.41. The highest BCUT2D eigenvalue weighted by atomic mass is 19.3. The average Bonchev–Trinajstić information content (AvgIpc) is 2.38. The molecule has 1 aromatic carbocycles. The standard InChI is InChI=1S/C17H21F2NO/c1-11-4-6-14(7-5-11)17(18,19)21-15-8-12(2)16(10-20)13(3)9-15/h8-9,11,14H,4-7H2,1-3H3. The van der Waals surface area contributed by atoms with Crippen molar-refractivity contribution in [3.8, 4) is 11.8 Å². The number of halogens is 2. The molecule has 0 atom stereocenters. The molecule has 0 bridgehead atoms. The fourth-order valence-electron chi connectivity index (χ4n) is 3.00. The fourth-order valence-corrected chi connectivity index (χ4v) is 3.00. The van der Waals surface area contributed by atoms with Gasteiger partial charge in [0.05, 0.1) is 17.6 Å². The SMILES string of the molecule is Cc1cc(OC(F)(F)C2CCC(C)CC2)cc(C)c1C#N. The predicted octanol–water partition coefficient (Wildman–Crippen LogP) is 4.97. The summed E-state index contributed by atoms with van der Waals surface area (Å²) >= 11 is 0. The van der Waals surface area contributed by atoms with Crippen molar-refractivity contribution < 1.29 is 13.5 Å². The fraction of sp³-hybridized carbons (Fsp3) is 0.588. The van der Waals surface area contributed by atoms with Gasteiger partial charge in [-0.15, -0.1) is 0 Å². The molecule has 0 unspecified atom stereocenters. The van der Waals surface area contributed by atoms with Gasteiger partial charge in [0.2, 0.25) is 0 Å². The van der Waals surface area contributed by atoms with Crippen molar-refractivity contribution in [1.82, 2.24) is 0 Å². The summed E-state index contributed by atoms with van der Waals surface area (Å²) in [7, 11) is 0. The first-order chi connectivity index (χ1) is 9.83. The third-order valence-electron chi connectivity index (χ3n) is 4.36. The van der Waals surface area contributed by atoms with Crippen molar-refractivity contribution in [1.29, 1.82) is 5.26 Å². The van der Waals surface area contributed by atoms with Gasteiger partial charge in [0, 0.05) is 0 Å². The van der Waals surface area contributed by atoms with Crippen LogP contribution in [0.15, 0.2) is 12.1 Å². The van der Waals surface area contributed by atoms with Crippen LogP contribution in [-0.2, 0) is 0 Å². The lowest BCUT2D eigenvalue weighted by molar-refractivity contribution is -0.223. The molecule has 0 saturated heterocycles. The van der Waals surface area contributed by atoms with Gasteiger partial charge in [-0.1, -0.05) is 19.8 Å². The van der Waals surface area contributed by atoms with Gasteiger partial charge in [-0.05, 0) is 55.9 Å². The van der Waals surface area contributed by atoms with Crippen molar-refractivity contribution in [3.05, 3.63) is 28.8 Å². The Morgan fingerprint density at radius 3 is 2.14 bits per heavy atom. The summed E-state index contributed by atoms with van der Waals surface area (Å²) in [6.45, 7) is 5.57. The lowest BCUT2D eigenvalue weighted by Crippen LogP contribution is -2.37. The highest BCUT2D eigenvalue weighted by molar-refractivity contribution is 5.47. The van der Waals surface area contributed by atoms with Gasteiger partial charge in [0.25, 0.3) is 0 Å². The van der Waals surface area contributed by atoms with Gasteiger partial charge in [-0.2, -0.15) is 14.0 Å². The second-order valence-electron chi connectivity index (χ2n) is 6.16. The topological polar surface area (TPSA) is 33.0 Å². The number of nitrogens with zero attached hydrogens (tertiary/aromatic N) is 1. The Morgan fingerprint density at radius 2 is 1.67 bits per heavy atom. The molecule has 2 rings (SSSR count). The van der Waals surface area contributed by atoms with E-state index in [9.17, 15) is 8.78 Å². The summed E-state index contributed by atoms with van der Waals surface area (Å²) in [5, 5.41) is 9.01. The quantitative estimate of drug-likeness (QED) is 0.788. The van der Waals surface area contributed by atoms with E-state index in [4.69, 9.17) is 10.00 Å². The van der Waals surface area contributed by atoms with E-state index in [1.165, 1.54) is 12.1 Å². The minimum absolute atomic E-state index is 0.146. The van der Waals surface area contributed by atoms with Crippen LogP contribution in [0.2, 0.25) is 0 Å². The van der Waals surface area contributed by atoms with E-state index in [0.717, 1.165) is 12.8 Å². The van der Waals surface area contributed by atoms with Crippen LogP contribution >= 0.6 is 0 Å². The molecular weight excluding hydrogens is 272 g/mol. The smallest absolute Gasteiger partial charge is 0.400 e. The van der Waals surface area contributed by atoms with E-state index in [0.29, 0.717) is 35.4 Å². The van der Waals surface area contributed by atoms with Gasteiger partial charge < -0.3 is 4.74 Å². The molecule has 0 radical (unpaired) electrons. The van der Waals surface area contributed by atoms with E-state index < -0.39 is 12.0 Å². The van der Waals surface area contributed by atoms with Crippen LogP contribution in [0.25, 0.3) is 0 Å². The third-order valence-corrected chi connectivity index (χ3v) is 4.36. The van der Waals surface area contributed by atoms with Gasteiger partial charge in [-0.3, -0.25) is 0 Å². The van der Waals surface area contributed by atoms with E-state index in [1.807, 2.05) is 0 Å². The van der Waals surface area contributed by atoms with E-state index in [-0.39, 0.29) is 5.75 Å². The summed E-state index contributed by atoms with van der Waals surface area (Å²) in [4.78, 5) is 0. The molecule has 1 aromatic rings. The molecule has 1 fully saturated rings. The highest BCUT2D eigenvalue weighted by Gasteiger charge is 2.43. The van der Waals surface area contributed by atoms with Crippen molar-refractivity contribution in [2.45, 2.75) is 52.6 Å². The summed E-state index contributed by atoms with van der Waals surface area (Å²) in [5.74, 6) is -0.0472. The Hall–Kier alpha value is -1.63. The zero-order valence-corrected chi connectivity index (χ0v) is 12.7. The van der Waals surface area contributed by atoms with Crippen LogP contribution in [0.1, 0.15) is 49.3 Å². The minimum atomic E-state index is -3.15. The molecule has 0 N–H and O–H groups in total. The van der Waals surface area contributed by atoms with Crippen LogP contribution in [0.4, 0.5) is 8.78 Å². The molecule has 4 heteroatoms. The predicted molar refractivity (Wildman–Crippen MR) is 77.3 cm³/mol. The zero-order valence-electron chi connectivity index (χ0n) is 12.7. The Bertz CT molecular complexity index is 531. The number of nitriles is 1. The lowest BCUT2D eigenvalue weighted by atomic mass is 9.82. The molecule has 0 heterocycles. The Labute approximate surface area is 124 Å². The second kappa shape index (κ2) is 6.01. The van der Waals surface area contributed by atoms with Gasteiger partial charge in [0.15, 0.2) is 0 Å². The molecule has 1 saturated carbocycles. The third kappa shape index (κ3) is 3.53. The van der Waals surface area contributed by atoms with Crippen LogP contribution in [0.3, 0.4) is 0 Å². The monoisotopic (exact) mass is 293 g/mol. The number of hydrogen-bond donors (Lipinski definition) is 0. The molecule has 1 aliphatic rings. The van der Waals surface area contributed by atoms with Crippen LogP contribution in [-0.4, -0.2) is 6.11 Å². The molecule has 2 nitrogen and oxygen atoms in total. The number of aryl methyl sites for hydroxylation is 2. The average molecular weight is 293 g/mol. The Kier molecular flexibility index (Phi) is 4.51. The number of rotatable bonds is 3. The maximum atomic E-state index is 14.3. The maximum absolute atomic E-state index is 14.3. The second-order valence-corrected chi connectivity index (χ2v) is 6.16. The molecule has 114 valence electrons. The van der Waals surface area contributed by atoms with Crippen LogP contribution < -0.4 is 4.74 Å². The maximum Gasteiger partial charge on any atom is 0.400 e. The normalized spacial score (nSPS) is 22.7. The summed E-state index contributed by atoms with van der Waals surface area (Å²) < 4.78 is 33.6. The Morgan fingerprint density at radius 1 is 1.14 bits per heavy atom. The van der Waals surface area contributed by atoms with Gasteiger partial charge >= 0.3 is 6.11 Å². The van der Waals surface area contributed by atoms with E-state index in [1.54, 1.807) is 13.8 Å². The van der Waals surface area contributed by atoms with Gasteiger partial charge in [0.1, 0.15) is 5.75 Å². The lowest BCUT2D eigenvalue weighted by Gasteiger charge is -2.32. The van der Waals surface area contributed by atoms with E-state index in [2.05, 4.69) is 13.0 Å². The number of hydrogen-bond acceptors (Lipinski definition) is 2. The highest BCUT2D eigenvalue weighted by Crippen LogP contribution is 2.40. The molecule has 0 aliphatic heterocycles. The molecule has 1 aliphatic carbocycles. The van der Waals surface area contributed by atoms with Crippen molar-refractivity contribution in [3.63, 3.8) is 0 Å². The van der Waals surface area contributed by atoms with Crippen molar-refractivity contribution in [2.75, 3.05) is 0 Å². The molecular formula is C17H21F2NO. The molecule has 0 amide bonds. The largest absolute Gasteiger partial charge is 0.432 e. The summed E-state index contributed by atoms with van der Waals surface area (Å²) in [6, 6.07) is 5.12. The van der Waals surface area contributed by atoms with Crippen LogP contribution in [0.5, 0.6) is 5.75 Å². The molecule has 0 aromatic heterocycles. The van der Waals surface area contributed by atoms with Crippen molar-refractivity contribution >= 4 is 0 Å². The molecule has 0 spiro atoms. The Balaban J connectivity index is 2.15. The zero-order chi connectivity index (χ0) is 15.6. The number of ether oxygens (including phenoxy) is 1. The first kappa shape index (κ1) is 15.8. The van der Waals surface area contributed by atoms with Crippen molar-refractivity contribution in [2.24, 2.45) is 11.8 Å². The summed E-state index contributed by atoms with van der Waals surface area (Å²) in [6.07, 6.45) is -0.484. The van der Waals surface area contributed by atoms with E-state index >= 15 is 0 Å². The minimum Gasteiger partial charge on any atom is -0.432 e. The number of alkyl halides is 2. The summed E-state index contributed by atoms with van der Waals surface area (Å²) in [5.41, 5.74) is 1.86. The van der Waals surface area contributed by atoms with Crippen LogP contribution in [0, 0.1) is 37.0 Å².